The monoisotopic (exact) mass is 396 g/mol. The van der Waals surface area contributed by atoms with Crippen LogP contribution < -0.4 is 44.3 Å². The Morgan fingerprint density at radius 2 is 1.92 bits per heavy atom. The van der Waals surface area contributed by atoms with Crippen molar-refractivity contribution < 1.29 is 55.7 Å². The molecule has 0 aliphatic rings. The summed E-state index contributed by atoms with van der Waals surface area (Å²) >= 11 is 0. The molecule has 13 heteroatoms. The van der Waals surface area contributed by atoms with E-state index >= 15 is 0 Å². The van der Waals surface area contributed by atoms with Crippen LogP contribution in [0.1, 0.15) is 0 Å². The van der Waals surface area contributed by atoms with E-state index in [4.69, 9.17) is 4.74 Å². The molecule has 0 saturated heterocycles. The first-order valence-electron chi connectivity index (χ1n) is 6.37. The molecule has 0 amide bonds. The Morgan fingerprint density at radius 1 is 1.20 bits per heavy atom. The van der Waals surface area contributed by atoms with Crippen LogP contribution >= 0.6 is 0 Å². The van der Waals surface area contributed by atoms with Gasteiger partial charge in [0.05, 0.1) is 11.2 Å². The van der Waals surface area contributed by atoms with Crippen LogP contribution in [0.2, 0.25) is 0 Å². The van der Waals surface area contributed by atoms with Crippen LogP contribution in [0.15, 0.2) is 41.4 Å². The molecule has 2 aromatic rings. The van der Waals surface area contributed by atoms with Gasteiger partial charge in [0.2, 0.25) is 16.0 Å². The minimum Gasteiger partial charge on any atom is -0.744 e. The van der Waals surface area contributed by atoms with E-state index in [-0.39, 0.29) is 53.8 Å². The second-order valence-corrected chi connectivity index (χ2v) is 7.66. The Labute approximate surface area is 167 Å². The van der Waals surface area contributed by atoms with Gasteiger partial charge in [-0.25, -0.2) is 21.8 Å². The van der Waals surface area contributed by atoms with E-state index in [2.05, 4.69) is 20.0 Å². The first kappa shape index (κ1) is 21.6. The van der Waals surface area contributed by atoms with Crippen molar-refractivity contribution in [3.05, 3.63) is 36.5 Å². The van der Waals surface area contributed by atoms with Gasteiger partial charge in [0.15, 0.2) is 6.73 Å². The smallest absolute Gasteiger partial charge is 0.744 e. The van der Waals surface area contributed by atoms with Gasteiger partial charge in [-0.15, -0.1) is 0 Å². The number of anilines is 2. The molecular formula is C12H13N4NaO6S2. The SMILES string of the molecule is CS(=O)(=O)Nc1nccc(NCOc2cccc(S(=O)(=O)[O-])c2)n1.[Na+]. The van der Waals surface area contributed by atoms with Crippen LogP contribution in [-0.4, -0.2) is 44.3 Å². The second-order valence-electron chi connectivity index (χ2n) is 4.53. The maximum Gasteiger partial charge on any atom is 1.00 e. The van der Waals surface area contributed by atoms with Crippen molar-refractivity contribution >= 4 is 31.9 Å². The van der Waals surface area contributed by atoms with E-state index in [1.807, 2.05) is 0 Å². The number of ether oxygens (including phenoxy) is 1. The van der Waals surface area contributed by atoms with Gasteiger partial charge in [0.25, 0.3) is 0 Å². The van der Waals surface area contributed by atoms with Gasteiger partial charge in [-0.05, 0) is 24.3 Å². The zero-order chi connectivity index (χ0) is 17.8. The minimum absolute atomic E-state index is 0. The Bertz CT molecular complexity index is 936. The van der Waals surface area contributed by atoms with E-state index in [1.54, 1.807) is 0 Å². The molecule has 2 rings (SSSR count). The van der Waals surface area contributed by atoms with Gasteiger partial charge in [0, 0.05) is 6.20 Å². The molecule has 1 aromatic carbocycles. The van der Waals surface area contributed by atoms with Gasteiger partial charge in [0.1, 0.15) is 21.7 Å². The fourth-order valence-corrected chi connectivity index (χ4v) is 2.52. The fourth-order valence-electron chi connectivity index (χ4n) is 1.59. The molecule has 0 radical (unpaired) electrons. The van der Waals surface area contributed by atoms with Crippen molar-refractivity contribution in [2.75, 3.05) is 23.0 Å². The number of aromatic nitrogens is 2. The molecule has 2 N–H and O–H groups in total. The third-order valence-electron chi connectivity index (χ3n) is 2.52. The zero-order valence-electron chi connectivity index (χ0n) is 13.3. The quantitative estimate of drug-likeness (QED) is 0.287. The third-order valence-corrected chi connectivity index (χ3v) is 3.90. The number of nitrogens with one attached hydrogen (secondary N) is 2. The summed E-state index contributed by atoms with van der Waals surface area (Å²) in [6, 6.07) is 6.60. The first-order chi connectivity index (χ1) is 11.1. The predicted molar refractivity (Wildman–Crippen MR) is 84.0 cm³/mol. The molecule has 0 aliphatic carbocycles. The number of sulfonamides is 1. The summed E-state index contributed by atoms with van der Waals surface area (Å²) in [4.78, 5) is 7.25. The average Bonchev–Trinajstić information content (AvgIpc) is 2.45. The maximum absolute atomic E-state index is 11.1. The van der Waals surface area contributed by atoms with E-state index < -0.39 is 25.0 Å². The molecule has 0 aliphatic heterocycles. The zero-order valence-corrected chi connectivity index (χ0v) is 17.0. The summed E-state index contributed by atoms with van der Waals surface area (Å²) in [6.45, 7) is -0.0995. The Balaban J connectivity index is 0.00000312. The summed E-state index contributed by atoms with van der Waals surface area (Å²) in [5, 5.41) is 2.74. The summed E-state index contributed by atoms with van der Waals surface area (Å²) in [5.41, 5.74) is 0. The Morgan fingerprint density at radius 3 is 2.56 bits per heavy atom. The van der Waals surface area contributed by atoms with E-state index in [0.717, 1.165) is 18.4 Å². The molecule has 0 unspecified atom stereocenters. The fraction of sp³-hybridized carbons (Fsp3) is 0.167. The van der Waals surface area contributed by atoms with Crippen molar-refractivity contribution in [3.8, 4) is 5.75 Å². The van der Waals surface area contributed by atoms with Crippen LogP contribution in [0.25, 0.3) is 0 Å². The van der Waals surface area contributed by atoms with E-state index in [0.29, 0.717) is 0 Å². The molecular weight excluding hydrogens is 383 g/mol. The molecule has 130 valence electrons. The standard InChI is InChI=1S/C12H14N4O6S2.Na/c1-23(17,18)16-12-13-6-5-11(15-12)14-8-22-9-3-2-4-10(7-9)24(19,20)21;/h2-7H,8H2,1H3,(H,19,20,21)(H2,13,14,15,16);/q;+1/p-1. The van der Waals surface area contributed by atoms with Crippen LogP contribution in [-0.2, 0) is 20.1 Å². The summed E-state index contributed by atoms with van der Waals surface area (Å²) in [7, 11) is -8.06. The van der Waals surface area contributed by atoms with E-state index in [1.165, 1.54) is 24.4 Å². The topological polar surface area (TPSA) is 150 Å². The van der Waals surface area contributed by atoms with Crippen molar-refractivity contribution in [1.29, 1.82) is 0 Å². The van der Waals surface area contributed by atoms with Crippen molar-refractivity contribution in [1.82, 2.24) is 9.97 Å². The molecule has 0 fully saturated rings. The van der Waals surface area contributed by atoms with Crippen LogP contribution in [0.5, 0.6) is 5.75 Å². The molecule has 0 atom stereocenters. The number of hydrogen-bond acceptors (Lipinski definition) is 9. The Hall–Kier alpha value is -1.44. The molecule has 0 bridgehead atoms. The van der Waals surface area contributed by atoms with Crippen molar-refractivity contribution in [3.63, 3.8) is 0 Å². The average molecular weight is 396 g/mol. The van der Waals surface area contributed by atoms with E-state index in [9.17, 15) is 21.4 Å². The van der Waals surface area contributed by atoms with Gasteiger partial charge in [-0.1, -0.05) is 6.07 Å². The third kappa shape index (κ3) is 7.54. The predicted octanol–water partition coefficient (Wildman–Crippen LogP) is -2.80. The van der Waals surface area contributed by atoms with Gasteiger partial charge < -0.3 is 14.6 Å². The molecule has 1 heterocycles. The largest absolute Gasteiger partial charge is 1.00 e. The molecule has 10 nitrogen and oxygen atoms in total. The summed E-state index contributed by atoms with van der Waals surface area (Å²) < 4.78 is 62.4. The number of rotatable bonds is 7. The number of hydrogen-bond donors (Lipinski definition) is 2. The first-order valence-corrected chi connectivity index (χ1v) is 9.67. The number of nitrogens with zero attached hydrogens (tertiary/aromatic N) is 2. The molecule has 0 saturated carbocycles. The maximum atomic E-state index is 11.1. The minimum atomic E-state index is -4.56. The van der Waals surface area contributed by atoms with Gasteiger partial charge in [-0.2, -0.15) is 4.98 Å². The van der Waals surface area contributed by atoms with Crippen LogP contribution in [0.3, 0.4) is 0 Å². The second kappa shape index (κ2) is 8.78. The molecule has 25 heavy (non-hydrogen) atoms. The van der Waals surface area contributed by atoms with Gasteiger partial charge >= 0.3 is 29.6 Å². The molecule has 0 spiro atoms. The van der Waals surface area contributed by atoms with Crippen LogP contribution in [0, 0.1) is 0 Å². The summed E-state index contributed by atoms with van der Waals surface area (Å²) in [5.74, 6) is 0.341. The molecule has 1 aromatic heterocycles. The van der Waals surface area contributed by atoms with Crippen molar-refractivity contribution in [2.45, 2.75) is 4.90 Å². The van der Waals surface area contributed by atoms with Crippen molar-refractivity contribution in [2.24, 2.45) is 0 Å². The Kier molecular flexibility index (Phi) is 7.59. The van der Waals surface area contributed by atoms with Crippen LogP contribution in [0.4, 0.5) is 11.8 Å². The van der Waals surface area contributed by atoms with Gasteiger partial charge in [-0.3, -0.25) is 4.72 Å². The number of benzene rings is 1. The summed E-state index contributed by atoms with van der Waals surface area (Å²) in [6.07, 6.45) is 2.31. The normalized spacial score (nSPS) is 11.3.